The number of benzene rings is 1. The van der Waals surface area contributed by atoms with E-state index < -0.39 is 52.4 Å². The van der Waals surface area contributed by atoms with E-state index in [9.17, 15) is 31.9 Å². The van der Waals surface area contributed by atoms with Crippen LogP contribution in [0.4, 0.5) is 17.6 Å². The minimum Gasteiger partial charge on any atom is -0.381 e. The lowest BCUT2D eigenvalue weighted by molar-refractivity contribution is -0.142. The SMILES string of the molecule is COC1CC(CN2CN(C)C(=O)C23CCN(C(=O)C(NC(=O)c2cc(C(F)(F)F)ccc2F)C(C)C)CC3)C1. The summed E-state index contributed by atoms with van der Waals surface area (Å²) in [6, 6.07) is 0.533. The largest absolute Gasteiger partial charge is 0.416 e. The van der Waals surface area contributed by atoms with Crippen molar-refractivity contribution >= 4 is 17.7 Å². The lowest BCUT2D eigenvalue weighted by Gasteiger charge is -2.46. The van der Waals surface area contributed by atoms with Crippen molar-refractivity contribution in [1.82, 2.24) is 20.0 Å². The Kier molecular flexibility index (Phi) is 8.28. The van der Waals surface area contributed by atoms with Crippen molar-refractivity contribution in [3.8, 4) is 0 Å². The Labute approximate surface area is 225 Å². The maximum atomic E-state index is 14.3. The van der Waals surface area contributed by atoms with Crippen molar-refractivity contribution < 1.29 is 36.7 Å². The van der Waals surface area contributed by atoms with Gasteiger partial charge in [0.25, 0.3) is 5.91 Å². The second-order valence-electron chi connectivity index (χ2n) is 11.3. The molecule has 39 heavy (non-hydrogen) atoms. The Morgan fingerprint density at radius 3 is 2.38 bits per heavy atom. The summed E-state index contributed by atoms with van der Waals surface area (Å²) >= 11 is 0. The van der Waals surface area contributed by atoms with Crippen LogP contribution < -0.4 is 5.32 Å². The number of piperidine rings is 1. The van der Waals surface area contributed by atoms with Crippen LogP contribution in [-0.2, 0) is 20.5 Å². The van der Waals surface area contributed by atoms with E-state index >= 15 is 0 Å². The topological polar surface area (TPSA) is 82.2 Å². The van der Waals surface area contributed by atoms with Gasteiger partial charge in [0.15, 0.2) is 0 Å². The molecule has 2 saturated heterocycles. The minimum atomic E-state index is -4.75. The van der Waals surface area contributed by atoms with E-state index in [4.69, 9.17) is 4.74 Å². The Hall–Kier alpha value is -2.73. The number of halogens is 4. The molecule has 2 heterocycles. The number of amides is 3. The number of carbonyl (C=O) groups is 3. The molecular formula is C27H36F4N4O4. The molecule has 4 rings (SSSR count). The van der Waals surface area contributed by atoms with Gasteiger partial charge in [0.2, 0.25) is 11.8 Å². The van der Waals surface area contributed by atoms with E-state index in [1.165, 1.54) is 0 Å². The number of carbonyl (C=O) groups excluding carboxylic acids is 3. The van der Waals surface area contributed by atoms with Gasteiger partial charge < -0.3 is 19.9 Å². The molecule has 1 aliphatic carbocycles. The van der Waals surface area contributed by atoms with E-state index in [2.05, 4.69) is 10.2 Å². The monoisotopic (exact) mass is 556 g/mol. The van der Waals surface area contributed by atoms with Gasteiger partial charge in [-0.2, -0.15) is 13.2 Å². The molecule has 0 bridgehead atoms. The molecule has 8 nitrogen and oxygen atoms in total. The predicted octanol–water partition coefficient (Wildman–Crippen LogP) is 3.12. The van der Waals surface area contributed by atoms with Gasteiger partial charge >= 0.3 is 6.18 Å². The number of likely N-dealkylation sites (N-methyl/N-ethyl adjacent to an activating group) is 1. The Morgan fingerprint density at radius 2 is 1.82 bits per heavy atom. The molecule has 1 N–H and O–H groups in total. The Bertz CT molecular complexity index is 1100. The third-order valence-corrected chi connectivity index (χ3v) is 8.40. The molecule has 1 aromatic rings. The van der Waals surface area contributed by atoms with Crippen LogP contribution in [0.1, 0.15) is 55.5 Å². The number of methoxy groups -OCH3 is 1. The van der Waals surface area contributed by atoms with Crippen molar-refractivity contribution in [3.63, 3.8) is 0 Å². The average molecular weight is 557 g/mol. The van der Waals surface area contributed by atoms with Crippen molar-refractivity contribution in [2.75, 3.05) is 40.5 Å². The van der Waals surface area contributed by atoms with Crippen molar-refractivity contribution in [1.29, 1.82) is 0 Å². The molecule has 1 saturated carbocycles. The van der Waals surface area contributed by atoms with Crippen LogP contribution >= 0.6 is 0 Å². The van der Waals surface area contributed by atoms with E-state index in [0.717, 1.165) is 19.4 Å². The van der Waals surface area contributed by atoms with E-state index in [1.807, 2.05) is 0 Å². The van der Waals surface area contributed by atoms with Crippen LogP contribution in [-0.4, -0.2) is 90.6 Å². The summed E-state index contributed by atoms with van der Waals surface area (Å²) in [7, 11) is 3.48. The number of alkyl halides is 3. The normalized spacial score (nSPS) is 24.3. The van der Waals surface area contributed by atoms with Gasteiger partial charge in [-0.3, -0.25) is 19.3 Å². The van der Waals surface area contributed by atoms with Gasteiger partial charge in [-0.05, 0) is 55.7 Å². The van der Waals surface area contributed by atoms with Crippen molar-refractivity contribution in [2.45, 2.75) is 63.4 Å². The maximum Gasteiger partial charge on any atom is 0.416 e. The summed E-state index contributed by atoms with van der Waals surface area (Å²) in [5.74, 6) is -2.54. The lowest BCUT2D eigenvalue weighted by Crippen LogP contribution is -2.60. The van der Waals surface area contributed by atoms with Gasteiger partial charge in [0, 0.05) is 33.8 Å². The molecule has 0 aromatic heterocycles. The van der Waals surface area contributed by atoms with Gasteiger partial charge in [0.05, 0.1) is 23.9 Å². The van der Waals surface area contributed by atoms with Crippen LogP contribution in [0.25, 0.3) is 0 Å². The number of likely N-dealkylation sites (tertiary alicyclic amines) is 1. The van der Waals surface area contributed by atoms with E-state index in [1.54, 1.807) is 37.8 Å². The number of nitrogens with zero attached hydrogens (tertiary/aromatic N) is 3. The van der Waals surface area contributed by atoms with Crippen LogP contribution in [0.15, 0.2) is 18.2 Å². The van der Waals surface area contributed by atoms with Crippen LogP contribution in [0.5, 0.6) is 0 Å². The van der Waals surface area contributed by atoms with Crippen LogP contribution in [0.2, 0.25) is 0 Å². The van der Waals surface area contributed by atoms with E-state index in [-0.39, 0.29) is 25.1 Å². The molecule has 1 aromatic carbocycles. The number of ether oxygens (including phenoxy) is 1. The first-order chi connectivity index (χ1) is 18.3. The number of rotatable bonds is 7. The zero-order chi connectivity index (χ0) is 28.7. The summed E-state index contributed by atoms with van der Waals surface area (Å²) in [4.78, 5) is 45.0. The summed E-state index contributed by atoms with van der Waals surface area (Å²) < 4.78 is 59.0. The first kappa shape index (κ1) is 29.3. The zero-order valence-corrected chi connectivity index (χ0v) is 22.7. The van der Waals surface area contributed by atoms with Crippen LogP contribution in [0, 0.1) is 17.7 Å². The predicted molar refractivity (Wildman–Crippen MR) is 134 cm³/mol. The zero-order valence-electron chi connectivity index (χ0n) is 22.7. The summed E-state index contributed by atoms with van der Waals surface area (Å²) in [6.45, 7) is 5.26. The number of nitrogens with one attached hydrogen (secondary N) is 1. The molecule has 1 spiro atoms. The highest BCUT2D eigenvalue weighted by atomic mass is 19.4. The fraction of sp³-hybridized carbons (Fsp3) is 0.667. The van der Waals surface area contributed by atoms with Gasteiger partial charge in [-0.1, -0.05) is 13.8 Å². The molecule has 1 atom stereocenters. The Balaban J connectivity index is 1.43. The molecular weight excluding hydrogens is 520 g/mol. The highest BCUT2D eigenvalue weighted by Crippen LogP contribution is 2.39. The second kappa shape index (κ2) is 11.0. The number of hydrogen-bond acceptors (Lipinski definition) is 5. The van der Waals surface area contributed by atoms with Crippen molar-refractivity contribution in [2.24, 2.45) is 11.8 Å². The summed E-state index contributed by atoms with van der Waals surface area (Å²) in [5.41, 5.74) is -2.62. The fourth-order valence-corrected chi connectivity index (χ4v) is 5.94. The highest BCUT2D eigenvalue weighted by Gasteiger charge is 2.54. The smallest absolute Gasteiger partial charge is 0.381 e. The average Bonchev–Trinajstić information content (AvgIpc) is 3.07. The van der Waals surface area contributed by atoms with Gasteiger partial charge in [-0.25, -0.2) is 4.39 Å². The molecule has 3 aliphatic rings. The molecule has 0 radical (unpaired) electrons. The number of hydrogen-bond donors (Lipinski definition) is 1. The maximum absolute atomic E-state index is 14.3. The third kappa shape index (κ3) is 5.77. The fourth-order valence-electron chi connectivity index (χ4n) is 5.94. The molecule has 2 aliphatic heterocycles. The van der Waals surface area contributed by atoms with E-state index in [0.29, 0.717) is 43.6 Å². The van der Waals surface area contributed by atoms with Crippen LogP contribution in [0.3, 0.4) is 0 Å². The standard InChI is InChI=1S/C27H36F4N4O4/c1-16(2)22(32-23(36)20-13-18(27(29,30)31)5-6-21(20)28)24(37)34-9-7-26(8-10-34)25(38)33(3)15-35(26)14-17-11-19(12-17)39-4/h5-6,13,16-17,19,22H,7-12,14-15H2,1-4H3,(H,32,36). The first-order valence-electron chi connectivity index (χ1n) is 13.3. The lowest BCUT2D eigenvalue weighted by atomic mass is 9.79. The second-order valence-corrected chi connectivity index (χ2v) is 11.3. The van der Waals surface area contributed by atoms with Crippen molar-refractivity contribution in [3.05, 3.63) is 35.1 Å². The summed E-state index contributed by atoms with van der Waals surface area (Å²) in [5, 5.41) is 2.45. The quantitative estimate of drug-likeness (QED) is 0.522. The minimum absolute atomic E-state index is 0.0333. The highest BCUT2D eigenvalue weighted by molar-refractivity contribution is 5.98. The first-order valence-corrected chi connectivity index (χ1v) is 13.3. The molecule has 216 valence electrons. The molecule has 3 fully saturated rings. The van der Waals surface area contributed by atoms with Gasteiger partial charge in [-0.15, -0.1) is 0 Å². The Morgan fingerprint density at radius 1 is 1.18 bits per heavy atom. The molecule has 3 amide bonds. The third-order valence-electron chi connectivity index (χ3n) is 8.40. The summed E-state index contributed by atoms with van der Waals surface area (Å²) in [6.07, 6.45) is -1.72. The van der Waals surface area contributed by atoms with Gasteiger partial charge in [0.1, 0.15) is 17.4 Å². The molecule has 12 heteroatoms. The molecule has 1 unspecified atom stereocenters.